The summed E-state index contributed by atoms with van der Waals surface area (Å²) in [6.45, 7) is 1.17. The minimum absolute atomic E-state index is 0.543. The van der Waals surface area contributed by atoms with Gasteiger partial charge in [-0.2, -0.15) is 0 Å². The topological polar surface area (TPSA) is 15.3 Å². The first-order chi connectivity index (χ1) is 6.88. The molecule has 2 unspecified atom stereocenters. The van der Waals surface area contributed by atoms with Crippen LogP contribution in [0.2, 0.25) is 0 Å². The molecule has 0 amide bonds. The molecule has 1 aromatic carbocycles. The number of benzene rings is 1. The molecule has 1 saturated heterocycles. The van der Waals surface area contributed by atoms with E-state index in [9.17, 15) is 0 Å². The van der Waals surface area contributed by atoms with Gasteiger partial charge in [0.2, 0.25) is 0 Å². The van der Waals surface area contributed by atoms with Crippen LogP contribution in [0.1, 0.15) is 24.3 Å². The highest BCUT2D eigenvalue weighted by Crippen LogP contribution is 2.42. The first kappa shape index (κ1) is 8.30. The van der Waals surface area contributed by atoms with Crippen LogP contribution in [-0.2, 0) is 0 Å². The Morgan fingerprint density at radius 2 is 2.21 bits per heavy atom. The molecule has 2 heterocycles. The van der Waals surface area contributed by atoms with Crippen LogP contribution in [0.5, 0.6) is 0 Å². The molecule has 0 spiro atoms. The van der Waals surface area contributed by atoms with E-state index >= 15 is 0 Å². The summed E-state index contributed by atoms with van der Waals surface area (Å²) in [5.41, 5.74) is 2.95. The third kappa shape index (κ3) is 1.01. The standard InChI is InChI=1S/C12H16N2/c1-14-11-7-3-2-5-9(11)10-6-4-8-13-12(10)14/h2-3,5,7,10,12-13H,4,6,8H2,1H3. The second-order valence-electron chi connectivity index (χ2n) is 4.32. The van der Waals surface area contributed by atoms with Crippen molar-refractivity contribution in [3.8, 4) is 0 Å². The van der Waals surface area contributed by atoms with Crippen molar-refractivity contribution >= 4 is 5.69 Å². The fourth-order valence-corrected chi connectivity index (χ4v) is 2.88. The highest BCUT2D eigenvalue weighted by molar-refractivity contribution is 5.61. The van der Waals surface area contributed by atoms with Gasteiger partial charge in [0, 0.05) is 18.7 Å². The molecule has 2 aliphatic rings. The third-order valence-corrected chi connectivity index (χ3v) is 3.56. The van der Waals surface area contributed by atoms with Crippen LogP contribution < -0.4 is 10.2 Å². The van der Waals surface area contributed by atoms with Gasteiger partial charge in [-0.15, -0.1) is 0 Å². The monoisotopic (exact) mass is 188 g/mol. The predicted octanol–water partition coefficient (Wildman–Crippen LogP) is 1.93. The smallest absolute Gasteiger partial charge is 0.0862 e. The van der Waals surface area contributed by atoms with Crippen molar-refractivity contribution in [2.24, 2.45) is 0 Å². The number of nitrogens with one attached hydrogen (secondary N) is 1. The summed E-state index contributed by atoms with van der Waals surface area (Å²) in [5, 5.41) is 3.60. The summed E-state index contributed by atoms with van der Waals surface area (Å²) in [7, 11) is 2.20. The van der Waals surface area contributed by atoms with Crippen LogP contribution in [0.3, 0.4) is 0 Å². The Hall–Kier alpha value is -1.02. The van der Waals surface area contributed by atoms with Crippen molar-refractivity contribution in [2.45, 2.75) is 24.9 Å². The van der Waals surface area contributed by atoms with Crippen LogP contribution in [0, 0.1) is 0 Å². The molecule has 0 radical (unpaired) electrons. The quantitative estimate of drug-likeness (QED) is 0.669. The number of hydrogen-bond donors (Lipinski definition) is 1. The lowest BCUT2D eigenvalue weighted by atomic mass is 9.91. The summed E-state index contributed by atoms with van der Waals surface area (Å²) in [5.74, 6) is 0.713. The Labute approximate surface area is 84.9 Å². The number of para-hydroxylation sites is 1. The van der Waals surface area contributed by atoms with E-state index in [1.165, 1.54) is 30.6 Å². The summed E-state index contributed by atoms with van der Waals surface area (Å²) >= 11 is 0. The predicted molar refractivity (Wildman–Crippen MR) is 58.6 cm³/mol. The zero-order chi connectivity index (χ0) is 9.54. The lowest BCUT2D eigenvalue weighted by Gasteiger charge is -2.31. The third-order valence-electron chi connectivity index (χ3n) is 3.56. The van der Waals surface area contributed by atoms with Crippen LogP contribution in [0.25, 0.3) is 0 Å². The van der Waals surface area contributed by atoms with Crippen molar-refractivity contribution in [3.05, 3.63) is 29.8 Å². The molecular formula is C12H16N2. The van der Waals surface area contributed by atoms with Crippen molar-refractivity contribution in [1.29, 1.82) is 0 Å². The minimum Gasteiger partial charge on any atom is -0.358 e. The van der Waals surface area contributed by atoms with Crippen molar-refractivity contribution in [3.63, 3.8) is 0 Å². The van der Waals surface area contributed by atoms with E-state index in [1.54, 1.807) is 0 Å². The summed E-state index contributed by atoms with van der Waals surface area (Å²) in [4.78, 5) is 2.39. The number of hydrogen-bond acceptors (Lipinski definition) is 2. The highest BCUT2D eigenvalue weighted by atomic mass is 15.3. The van der Waals surface area contributed by atoms with Gasteiger partial charge in [0.05, 0.1) is 6.17 Å². The summed E-state index contributed by atoms with van der Waals surface area (Å²) in [6.07, 6.45) is 3.18. The molecule has 1 N–H and O–H groups in total. The minimum atomic E-state index is 0.543. The van der Waals surface area contributed by atoms with E-state index in [2.05, 4.69) is 41.5 Å². The molecule has 0 saturated carbocycles. The van der Waals surface area contributed by atoms with Gasteiger partial charge in [0.25, 0.3) is 0 Å². The van der Waals surface area contributed by atoms with E-state index in [-0.39, 0.29) is 0 Å². The molecule has 14 heavy (non-hydrogen) atoms. The lowest BCUT2D eigenvalue weighted by molar-refractivity contribution is 0.368. The van der Waals surface area contributed by atoms with Crippen molar-refractivity contribution < 1.29 is 0 Å². The zero-order valence-corrected chi connectivity index (χ0v) is 8.53. The molecule has 74 valence electrons. The largest absolute Gasteiger partial charge is 0.358 e. The van der Waals surface area contributed by atoms with Gasteiger partial charge in [-0.3, -0.25) is 5.32 Å². The van der Waals surface area contributed by atoms with Crippen molar-refractivity contribution in [2.75, 3.05) is 18.5 Å². The van der Waals surface area contributed by atoms with E-state index in [1.807, 2.05) is 0 Å². The van der Waals surface area contributed by atoms with E-state index in [4.69, 9.17) is 0 Å². The average Bonchev–Trinajstić information content (AvgIpc) is 2.55. The first-order valence-electron chi connectivity index (χ1n) is 5.43. The molecule has 2 aliphatic heterocycles. The Bertz CT molecular complexity index is 348. The summed E-state index contributed by atoms with van der Waals surface area (Å²) < 4.78 is 0. The second kappa shape index (κ2) is 2.99. The van der Waals surface area contributed by atoms with Crippen LogP contribution in [0.15, 0.2) is 24.3 Å². The number of nitrogens with zero attached hydrogens (tertiary/aromatic N) is 1. The van der Waals surface area contributed by atoms with Crippen molar-refractivity contribution in [1.82, 2.24) is 5.32 Å². The maximum Gasteiger partial charge on any atom is 0.0862 e. The molecule has 2 atom stereocenters. The molecule has 1 fully saturated rings. The Balaban J connectivity index is 2.06. The molecule has 0 bridgehead atoms. The van der Waals surface area contributed by atoms with Gasteiger partial charge in [-0.05, 0) is 31.0 Å². The number of fused-ring (bicyclic) bond motifs is 3. The number of anilines is 1. The maximum atomic E-state index is 3.60. The van der Waals surface area contributed by atoms with E-state index in [0.717, 1.165) is 0 Å². The van der Waals surface area contributed by atoms with E-state index in [0.29, 0.717) is 12.1 Å². The maximum absolute atomic E-state index is 3.60. The lowest BCUT2D eigenvalue weighted by Crippen LogP contribution is -2.46. The molecule has 1 aromatic rings. The fraction of sp³-hybridized carbons (Fsp3) is 0.500. The summed E-state index contributed by atoms with van der Waals surface area (Å²) in [6, 6.07) is 8.80. The van der Waals surface area contributed by atoms with Gasteiger partial charge < -0.3 is 4.90 Å². The normalized spacial score (nSPS) is 29.9. The number of rotatable bonds is 0. The zero-order valence-electron chi connectivity index (χ0n) is 8.53. The molecule has 0 aliphatic carbocycles. The van der Waals surface area contributed by atoms with Gasteiger partial charge >= 0.3 is 0 Å². The molecule has 2 heteroatoms. The molecule has 0 aromatic heterocycles. The fourth-order valence-electron chi connectivity index (χ4n) is 2.88. The number of likely N-dealkylation sites (N-methyl/N-ethyl adjacent to an activating group) is 1. The van der Waals surface area contributed by atoms with Gasteiger partial charge in [-0.1, -0.05) is 18.2 Å². The first-order valence-corrected chi connectivity index (χ1v) is 5.43. The average molecular weight is 188 g/mol. The van der Waals surface area contributed by atoms with Crippen LogP contribution in [-0.4, -0.2) is 19.8 Å². The van der Waals surface area contributed by atoms with Gasteiger partial charge in [0.1, 0.15) is 0 Å². The Kier molecular flexibility index (Phi) is 1.77. The molecule has 3 rings (SSSR count). The Morgan fingerprint density at radius 3 is 3.14 bits per heavy atom. The Morgan fingerprint density at radius 1 is 1.36 bits per heavy atom. The van der Waals surface area contributed by atoms with Gasteiger partial charge in [0.15, 0.2) is 0 Å². The second-order valence-corrected chi connectivity index (χ2v) is 4.32. The molecule has 2 nitrogen and oxygen atoms in total. The van der Waals surface area contributed by atoms with Crippen LogP contribution in [0.4, 0.5) is 5.69 Å². The van der Waals surface area contributed by atoms with Gasteiger partial charge in [-0.25, -0.2) is 0 Å². The SMILES string of the molecule is CN1c2ccccc2C2CCCNC21. The molecular weight excluding hydrogens is 172 g/mol. The number of piperidine rings is 1. The van der Waals surface area contributed by atoms with E-state index < -0.39 is 0 Å². The highest BCUT2D eigenvalue weighted by Gasteiger charge is 2.37. The van der Waals surface area contributed by atoms with Crippen LogP contribution >= 0.6 is 0 Å².